The summed E-state index contributed by atoms with van der Waals surface area (Å²) in [7, 11) is 1.77. The monoisotopic (exact) mass is 310 g/mol. The number of ketones is 1. The van der Waals surface area contributed by atoms with Crippen LogP contribution in [0.3, 0.4) is 0 Å². The van der Waals surface area contributed by atoms with Crippen molar-refractivity contribution in [1.82, 2.24) is 9.55 Å². The zero-order valence-electron chi connectivity index (χ0n) is 12.6. The number of nitrogens with zero attached hydrogens (tertiary/aromatic N) is 3. The van der Waals surface area contributed by atoms with Crippen LogP contribution in [-0.4, -0.2) is 20.4 Å². The summed E-state index contributed by atoms with van der Waals surface area (Å²) in [5, 5.41) is 20.0. The van der Waals surface area contributed by atoms with Crippen molar-refractivity contribution < 1.29 is 14.6 Å². The molecule has 1 aliphatic heterocycles. The first-order valence-electron chi connectivity index (χ1n) is 6.87. The van der Waals surface area contributed by atoms with Gasteiger partial charge < -0.3 is 20.1 Å². The molecule has 2 aromatic rings. The molecule has 23 heavy (non-hydrogen) atoms. The molecule has 7 heteroatoms. The van der Waals surface area contributed by atoms with Crippen molar-refractivity contribution >= 4 is 5.78 Å². The first-order chi connectivity index (χ1) is 11.0. The molecule has 1 aromatic heterocycles. The van der Waals surface area contributed by atoms with Crippen molar-refractivity contribution in [3.05, 3.63) is 52.9 Å². The van der Waals surface area contributed by atoms with Gasteiger partial charge in [-0.05, 0) is 19.1 Å². The average molecular weight is 310 g/mol. The van der Waals surface area contributed by atoms with Crippen molar-refractivity contribution in [2.45, 2.75) is 12.8 Å². The van der Waals surface area contributed by atoms with E-state index in [0.717, 1.165) is 0 Å². The number of hydrogen-bond acceptors (Lipinski definition) is 6. The lowest BCUT2D eigenvalue weighted by molar-refractivity contribution is 0.101. The van der Waals surface area contributed by atoms with Gasteiger partial charge in [0, 0.05) is 19.4 Å². The highest BCUT2D eigenvalue weighted by Gasteiger charge is 2.36. The Hall–Kier alpha value is -3.27. The predicted molar refractivity (Wildman–Crippen MR) is 80.6 cm³/mol. The smallest absolute Gasteiger partial charge is 0.205 e. The third kappa shape index (κ3) is 2.12. The van der Waals surface area contributed by atoms with E-state index >= 15 is 0 Å². The number of phenols is 1. The Morgan fingerprint density at radius 2 is 2.26 bits per heavy atom. The molecule has 0 spiro atoms. The summed E-state index contributed by atoms with van der Waals surface area (Å²) < 4.78 is 7.17. The number of phenolic OH excluding ortho intramolecular Hbond substituents is 1. The molecule has 116 valence electrons. The van der Waals surface area contributed by atoms with E-state index < -0.39 is 5.92 Å². The number of carbonyl (C=O) groups is 1. The summed E-state index contributed by atoms with van der Waals surface area (Å²) in [5.41, 5.74) is 6.46. The summed E-state index contributed by atoms with van der Waals surface area (Å²) >= 11 is 0. The Bertz CT molecular complexity index is 889. The van der Waals surface area contributed by atoms with Crippen molar-refractivity contribution in [3.8, 4) is 17.6 Å². The van der Waals surface area contributed by atoms with Gasteiger partial charge in [-0.2, -0.15) is 5.26 Å². The van der Waals surface area contributed by atoms with Gasteiger partial charge in [-0.15, -0.1) is 0 Å². The highest BCUT2D eigenvalue weighted by Crippen LogP contribution is 2.46. The zero-order valence-corrected chi connectivity index (χ0v) is 12.6. The summed E-state index contributed by atoms with van der Waals surface area (Å²) in [5.74, 6) is -0.429. The van der Waals surface area contributed by atoms with Gasteiger partial charge in [0.05, 0.1) is 17.0 Å². The van der Waals surface area contributed by atoms with E-state index in [-0.39, 0.29) is 28.6 Å². The third-order valence-corrected chi connectivity index (χ3v) is 3.86. The molecule has 0 bridgehead atoms. The van der Waals surface area contributed by atoms with E-state index in [2.05, 4.69) is 4.98 Å². The number of imidazole rings is 1. The molecule has 0 saturated carbocycles. The highest BCUT2D eigenvalue weighted by molar-refractivity contribution is 5.97. The second kappa shape index (κ2) is 5.18. The predicted octanol–water partition coefficient (Wildman–Crippen LogP) is 1.55. The average Bonchev–Trinajstić information content (AvgIpc) is 2.91. The highest BCUT2D eigenvalue weighted by atomic mass is 16.5. The lowest BCUT2D eigenvalue weighted by Crippen LogP contribution is -2.23. The number of aryl methyl sites for hydroxylation is 1. The molecule has 0 saturated heterocycles. The van der Waals surface area contributed by atoms with Crippen LogP contribution in [-0.2, 0) is 7.05 Å². The fourth-order valence-electron chi connectivity index (χ4n) is 2.73. The number of Topliss-reactive ketones (excluding diaryl/α,β-unsaturated/α-hetero) is 1. The van der Waals surface area contributed by atoms with Gasteiger partial charge in [0.25, 0.3) is 0 Å². The van der Waals surface area contributed by atoms with Crippen LogP contribution < -0.4 is 10.5 Å². The quantitative estimate of drug-likeness (QED) is 0.813. The van der Waals surface area contributed by atoms with Crippen molar-refractivity contribution in [2.75, 3.05) is 0 Å². The van der Waals surface area contributed by atoms with Crippen molar-refractivity contribution in [2.24, 2.45) is 12.8 Å². The van der Waals surface area contributed by atoms with E-state index in [9.17, 15) is 15.2 Å². The summed E-state index contributed by atoms with van der Waals surface area (Å²) in [6.45, 7) is 1.36. The number of allylic oxidation sites excluding steroid dienone is 1. The number of rotatable bonds is 2. The summed E-state index contributed by atoms with van der Waals surface area (Å²) in [6.07, 6.45) is 3.31. The van der Waals surface area contributed by atoms with Gasteiger partial charge in [-0.25, -0.2) is 4.98 Å². The number of aromatic nitrogens is 2. The Kier molecular flexibility index (Phi) is 3.30. The maximum absolute atomic E-state index is 11.7. The third-order valence-electron chi connectivity index (χ3n) is 3.86. The van der Waals surface area contributed by atoms with E-state index in [1.165, 1.54) is 13.0 Å². The Balaban J connectivity index is 2.34. The van der Waals surface area contributed by atoms with Crippen LogP contribution >= 0.6 is 0 Å². The molecular weight excluding hydrogens is 296 g/mol. The fourth-order valence-corrected chi connectivity index (χ4v) is 2.73. The number of ether oxygens (including phenoxy) is 1. The number of fused-ring (bicyclic) bond motifs is 1. The first-order valence-corrected chi connectivity index (χ1v) is 6.87. The van der Waals surface area contributed by atoms with Crippen LogP contribution in [0.1, 0.15) is 34.6 Å². The molecule has 3 rings (SSSR count). The van der Waals surface area contributed by atoms with Crippen LogP contribution in [0.25, 0.3) is 0 Å². The van der Waals surface area contributed by atoms with Crippen LogP contribution in [0, 0.1) is 11.3 Å². The van der Waals surface area contributed by atoms with Gasteiger partial charge in [0.15, 0.2) is 5.78 Å². The number of nitrogens with two attached hydrogens (primary N) is 1. The number of nitriles is 1. The number of aromatic hydroxyl groups is 1. The molecule has 3 N–H and O–H groups in total. The minimum atomic E-state index is -0.706. The molecule has 0 radical (unpaired) electrons. The van der Waals surface area contributed by atoms with E-state index in [1.807, 2.05) is 6.07 Å². The summed E-state index contributed by atoms with van der Waals surface area (Å²) in [4.78, 5) is 16.0. The lowest BCUT2D eigenvalue weighted by Gasteiger charge is -2.27. The number of hydrogen-bond donors (Lipinski definition) is 2. The molecule has 1 aliphatic rings. The van der Waals surface area contributed by atoms with Crippen molar-refractivity contribution in [3.63, 3.8) is 0 Å². The molecule has 1 unspecified atom stereocenters. The van der Waals surface area contributed by atoms with E-state index in [1.54, 1.807) is 30.1 Å². The SMILES string of the molecule is CC(=O)c1ccc2c(c1O)C(c1nccn1C)C(C#N)=C(N)O2. The van der Waals surface area contributed by atoms with Gasteiger partial charge in [-0.1, -0.05) is 0 Å². The standard InChI is InChI=1S/C16H14N4O3/c1-8(21)9-3-4-11-13(14(9)22)12(10(7-17)15(18)23-11)16-19-5-6-20(16)2/h3-6,12,22H,18H2,1-2H3. The molecule has 1 aromatic carbocycles. The van der Waals surface area contributed by atoms with E-state index in [4.69, 9.17) is 10.5 Å². The molecular formula is C16H14N4O3. The molecule has 0 aliphatic carbocycles. The Morgan fingerprint density at radius 3 is 2.83 bits per heavy atom. The van der Waals surface area contributed by atoms with Crippen LogP contribution in [0.4, 0.5) is 0 Å². The van der Waals surface area contributed by atoms with Crippen LogP contribution in [0.5, 0.6) is 11.5 Å². The van der Waals surface area contributed by atoms with Gasteiger partial charge in [0.1, 0.15) is 29.0 Å². The molecule has 0 fully saturated rings. The van der Waals surface area contributed by atoms with Gasteiger partial charge in [0.2, 0.25) is 5.88 Å². The zero-order chi connectivity index (χ0) is 16.7. The normalized spacial score (nSPS) is 16.5. The molecule has 0 amide bonds. The Morgan fingerprint density at radius 1 is 1.52 bits per heavy atom. The second-order valence-electron chi connectivity index (χ2n) is 5.25. The van der Waals surface area contributed by atoms with Crippen molar-refractivity contribution in [1.29, 1.82) is 5.26 Å². The maximum Gasteiger partial charge on any atom is 0.205 e. The minimum absolute atomic E-state index is 0.0389. The number of carbonyl (C=O) groups excluding carboxylic acids is 1. The van der Waals surface area contributed by atoms with E-state index in [0.29, 0.717) is 17.1 Å². The van der Waals surface area contributed by atoms with Crippen LogP contribution in [0.2, 0.25) is 0 Å². The topological polar surface area (TPSA) is 114 Å². The lowest BCUT2D eigenvalue weighted by atomic mass is 9.86. The molecule has 1 atom stereocenters. The Labute approximate surface area is 132 Å². The second-order valence-corrected chi connectivity index (χ2v) is 5.25. The first kappa shape index (κ1) is 14.7. The van der Waals surface area contributed by atoms with Crippen LogP contribution in [0.15, 0.2) is 36.0 Å². The van der Waals surface area contributed by atoms with Gasteiger partial charge >= 0.3 is 0 Å². The minimum Gasteiger partial charge on any atom is -0.507 e. The molecule has 7 nitrogen and oxygen atoms in total. The fraction of sp³-hybridized carbons (Fsp3) is 0.188. The maximum atomic E-state index is 11.7. The number of benzene rings is 1. The largest absolute Gasteiger partial charge is 0.507 e. The summed E-state index contributed by atoms with van der Waals surface area (Å²) in [6, 6.07) is 5.04. The molecule has 2 heterocycles. The van der Waals surface area contributed by atoms with Gasteiger partial charge in [-0.3, -0.25) is 4.79 Å².